The minimum absolute atomic E-state index is 0.0642. The fourth-order valence-corrected chi connectivity index (χ4v) is 4.40. The highest BCUT2D eigenvalue weighted by atomic mass is 32.2. The van der Waals surface area contributed by atoms with Crippen molar-refractivity contribution in [1.29, 1.82) is 0 Å². The molecule has 1 amide bonds. The van der Waals surface area contributed by atoms with E-state index < -0.39 is 15.9 Å². The summed E-state index contributed by atoms with van der Waals surface area (Å²) in [4.78, 5) is 21.1. The maximum atomic E-state index is 12.7. The second-order valence-electron chi connectivity index (χ2n) is 6.42. The summed E-state index contributed by atoms with van der Waals surface area (Å²) in [6.07, 6.45) is 2.89. The number of sulfonamides is 1. The molecule has 0 unspecified atom stereocenters. The molecule has 3 rings (SSSR count). The van der Waals surface area contributed by atoms with Crippen LogP contribution < -0.4 is 5.32 Å². The molecule has 3 aromatic rings. The van der Waals surface area contributed by atoms with Crippen LogP contribution in [0.3, 0.4) is 0 Å². The molecule has 1 aromatic heterocycles. The first kappa shape index (κ1) is 21.4. The molecule has 9 heteroatoms. The zero-order valence-electron chi connectivity index (χ0n) is 16.6. The van der Waals surface area contributed by atoms with Crippen LogP contribution in [0.1, 0.15) is 24.2 Å². The van der Waals surface area contributed by atoms with Gasteiger partial charge in [-0.15, -0.1) is 0 Å². The fraction of sp³-hybridized carbons (Fsp3) is 0.190. The van der Waals surface area contributed by atoms with Gasteiger partial charge in [-0.25, -0.2) is 18.4 Å². The molecule has 0 saturated carbocycles. The van der Waals surface area contributed by atoms with Crippen LogP contribution in [0.4, 0.5) is 5.69 Å². The third-order valence-electron chi connectivity index (χ3n) is 4.45. The molecule has 0 saturated heterocycles. The van der Waals surface area contributed by atoms with E-state index in [0.29, 0.717) is 30.2 Å². The van der Waals surface area contributed by atoms with Gasteiger partial charge in [0.1, 0.15) is 5.75 Å². The van der Waals surface area contributed by atoms with Crippen LogP contribution in [-0.2, 0) is 10.0 Å². The van der Waals surface area contributed by atoms with Crippen LogP contribution >= 0.6 is 0 Å². The van der Waals surface area contributed by atoms with E-state index >= 15 is 0 Å². The lowest BCUT2D eigenvalue weighted by atomic mass is 10.2. The van der Waals surface area contributed by atoms with E-state index in [1.165, 1.54) is 41.0 Å². The monoisotopic (exact) mass is 426 g/mol. The maximum Gasteiger partial charge on any atom is 0.255 e. The van der Waals surface area contributed by atoms with Crippen LogP contribution in [0.25, 0.3) is 11.4 Å². The highest BCUT2D eigenvalue weighted by molar-refractivity contribution is 7.89. The van der Waals surface area contributed by atoms with Gasteiger partial charge in [-0.3, -0.25) is 4.79 Å². The van der Waals surface area contributed by atoms with Crippen molar-refractivity contribution in [3.05, 3.63) is 66.5 Å². The first-order valence-electron chi connectivity index (χ1n) is 9.38. The minimum Gasteiger partial charge on any atom is -0.508 e. The largest absolute Gasteiger partial charge is 0.508 e. The number of phenolic OH excluding ortho intramolecular Hbond substituents is 1. The Morgan fingerprint density at radius 1 is 1.03 bits per heavy atom. The molecule has 156 valence electrons. The molecule has 2 N–H and O–H groups in total. The van der Waals surface area contributed by atoms with Gasteiger partial charge in [0.25, 0.3) is 5.91 Å². The van der Waals surface area contributed by atoms with Gasteiger partial charge in [-0.05, 0) is 30.3 Å². The molecule has 0 fully saturated rings. The molecule has 30 heavy (non-hydrogen) atoms. The number of rotatable bonds is 7. The zero-order chi connectivity index (χ0) is 21.7. The van der Waals surface area contributed by atoms with Gasteiger partial charge < -0.3 is 10.4 Å². The maximum absolute atomic E-state index is 12.7. The molecular weight excluding hydrogens is 404 g/mol. The number of benzene rings is 2. The molecule has 0 radical (unpaired) electrons. The van der Waals surface area contributed by atoms with Crippen molar-refractivity contribution in [2.75, 3.05) is 18.4 Å². The highest BCUT2D eigenvalue weighted by Gasteiger charge is 2.22. The lowest BCUT2D eigenvalue weighted by Gasteiger charge is -2.18. The number of aromatic hydroxyl groups is 1. The third kappa shape index (κ3) is 4.64. The van der Waals surface area contributed by atoms with Crippen molar-refractivity contribution < 1.29 is 18.3 Å². The van der Waals surface area contributed by atoms with Gasteiger partial charge in [-0.1, -0.05) is 32.0 Å². The van der Waals surface area contributed by atoms with E-state index in [1.807, 2.05) is 0 Å². The summed E-state index contributed by atoms with van der Waals surface area (Å²) < 4.78 is 26.7. The minimum atomic E-state index is -3.66. The fourth-order valence-electron chi connectivity index (χ4n) is 2.90. The third-order valence-corrected chi connectivity index (χ3v) is 6.50. The summed E-state index contributed by atoms with van der Waals surface area (Å²) in [5.41, 5.74) is 1.21. The van der Waals surface area contributed by atoms with Crippen molar-refractivity contribution in [1.82, 2.24) is 14.3 Å². The predicted octanol–water partition coefficient (Wildman–Crippen LogP) is 3.13. The number of hydrogen-bond acceptors (Lipinski definition) is 6. The molecule has 0 bridgehead atoms. The Labute approximate surface area is 175 Å². The van der Waals surface area contributed by atoms with E-state index in [9.17, 15) is 18.3 Å². The predicted molar refractivity (Wildman–Crippen MR) is 114 cm³/mol. The lowest BCUT2D eigenvalue weighted by molar-refractivity contribution is 0.102. The van der Waals surface area contributed by atoms with Gasteiger partial charge in [0.05, 0.1) is 23.0 Å². The van der Waals surface area contributed by atoms with E-state index in [1.54, 1.807) is 38.1 Å². The Morgan fingerprint density at radius 3 is 2.33 bits per heavy atom. The van der Waals surface area contributed by atoms with E-state index in [0.717, 1.165) is 0 Å². The van der Waals surface area contributed by atoms with Crippen molar-refractivity contribution in [3.63, 3.8) is 0 Å². The Bertz CT molecular complexity index is 1140. The van der Waals surface area contributed by atoms with Gasteiger partial charge in [0.2, 0.25) is 10.0 Å². The Morgan fingerprint density at radius 2 is 1.70 bits per heavy atom. The lowest BCUT2D eigenvalue weighted by Crippen LogP contribution is -2.30. The number of carbonyl (C=O) groups is 1. The molecule has 8 nitrogen and oxygen atoms in total. The van der Waals surface area contributed by atoms with Crippen LogP contribution in [0.15, 0.2) is 65.8 Å². The summed E-state index contributed by atoms with van der Waals surface area (Å²) in [6.45, 7) is 4.21. The number of phenols is 1. The number of hydrogen-bond donors (Lipinski definition) is 2. The van der Waals surface area contributed by atoms with Gasteiger partial charge in [0, 0.05) is 24.2 Å². The molecule has 0 aliphatic heterocycles. The molecule has 0 aliphatic carbocycles. The highest BCUT2D eigenvalue weighted by Crippen LogP contribution is 2.21. The average Bonchev–Trinajstić information content (AvgIpc) is 2.75. The van der Waals surface area contributed by atoms with Crippen LogP contribution in [0.5, 0.6) is 5.75 Å². The van der Waals surface area contributed by atoms with E-state index in [2.05, 4.69) is 15.3 Å². The number of nitrogens with zero attached hydrogens (tertiary/aromatic N) is 3. The SMILES string of the molecule is CCN(CC)S(=O)(=O)c1cccc(C(=O)Nc2cnc(-c3cccc(O)c3)nc2)c1. The number of anilines is 1. The normalized spacial score (nSPS) is 11.4. The van der Waals surface area contributed by atoms with E-state index in [-0.39, 0.29) is 16.2 Å². The Balaban J connectivity index is 1.78. The van der Waals surface area contributed by atoms with Crippen molar-refractivity contribution >= 4 is 21.6 Å². The Hall–Kier alpha value is -3.30. The van der Waals surface area contributed by atoms with Crippen LogP contribution in [0.2, 0.25) is 0 Å². The Kier molecular flexibility index (Phi) is 6.43. The topological polar surface area (TPSA) is 112 Å². The molecular formula is C21H22N4O4S. The standard InChI is InChI=1S/C21H22N4O4S/c1-3-25(4-2)30(28,29)19-10-6-8-16(12-19)21(27)24-17-13-22-20(23-14-17)15-7-5-9-18(26)11-15/h5-14,26H,3-4H2,1-2H3,(H,24,27). The summed E-state index contributed by atoms with van der Waals surface area (Å²) in [7, 11) is -3.66. The molecule has 2 aromatic carbocycles. The second-order valence-corrected chi connectivity index (χ2v) is 8.35. The quantitative estimate of drug-likeness (QED) is 0.600. The zero-order valence-corrected chi connectivity index (χ0v) is 17.4. The van der Waals surface area contributed by atoms with Crippen molar-refractivity contribution in [2.45, 2.75) is 18.7 Å². The molecule has 1 heterocycles. The second kappa shape index (κ2) is 9.02. The number of amides is 1. The smallest absolute Gasteiger partial charge is 0.255 e. The summed E-state index contributed by atoms with van der Waals surface area (Å²) in [6, 6.07) is 12.4. The first-order chi connectivity index (χ1) is 14.3. The molecule has 0 spiro atoms. The molecule has 0 atom stereocenters. The van der Waals surface area contributed by atoms with Gasteiger partial charge >= 0.3 is 0 Å². The first-order valence-corrected chi connectivity index (χ1v) is 10.8. The van der Waals surface area contributed by atoms with Crippen LogP contribution in [0, 0.1) is 0 Å². The van der Waals surface area contributed by atoms with Crippen LogP contribution in [-0.4, -0.2) is 46.8 Å². The van der Waals surface area contributed by atoms with Gasteiger partial charge in [0.15, 0.2) is 5.82 Å². The van der Waals surface area contributed by atoms with Gasteiger partial charge in [-0.2, -0.15) is 4.31 Å². The summed E-state index contributed by atoms with van der Waals surface area (Å²) in [5, 5.41) is 12.2. The van der Waals surface area contributed by atoms with Crippen molar-refractivity contribution in [2.24, 2.45) is 0 Å². The summed E-state index contributed by atoms with van der Waals surface area (Å²) >= 11 is 0. The average molecular weight is 426 g/mol. The van der Waals surface area contributed by atoms with E-state index in [4.69, 9.17) is 0 Å². The van der Waals surface area contributed by atoms with Crippen molar-refractivity contribution in [3.8, 4) is 17.1 Å². The molecule has 0 aliphatic rings. The summed E-state index contributed by atoms with van der Waals surface area (Å²) in [5.74, 6) is 0.0320. The number of carbonyl (C=O) groups excluding carboxylic acids is 1. The number of aromatic nitrogens is 2. The number of nitrogens with one attached hydrogen (secondary N) is 1.